The molecule has 0 unspecified atom stereocenters. The summed E-state index contributed by atoms with van der Waals surface area (Å²) in [7, 11) is 0. The van der Waals surface area contributed by atoms with Crippen molar-refractivity contribution in [1.29, 1.82) is 0 Å². The molecular weight excluding hydrogens is 1110 g/mol. The molecule has 17 nitrogen and oxygen atoms in total. The van der Waals surface area contributed by atoms with Gasteiger partial charge in [-0.3, -0.25) is 38.3 Å². The number of Topliss-reactive ketones (excluding diaryl/α,β-unsaturated/α-hetero) is 1. The quantitative estimate of drug-likeness (QED) is 0.00839. The molecule has 0 radical (unpaired) electrons. The number of nitrogens with two attached hydrogens (primary N) is 1. The molecule has 6 rings (SSSR count). The van der Waals surface area contributed by atoms with Gasteiger partial charge in [0, 0.05) is 25.3 Å². The third kappa shape index (κ3) is 28.9. The number of carbonyl (C=O) groups is 8. The van der Waals surface area contributed by atoms with Gasteiger partial charge in [0.15, 0.2) is 0 Å². The third-order valence-corrected chi connectivity index (χ3v) is 13.9. The monoisotopic (exact) mass is 1200 g/mol. The minimum atomic E-state index is -1.60. The second-order valence-electron chi connectivity index (χ2n) is 20.9. The van der Waals surface area contributed by atoms with Crippen LogP contribution < -0.4 is 21.8 Å². The Morgan fingerprint density at radius 3 is 1.29 bits per heavy atom. The molecule has 0 aliphatic carbocycles. The van der Waals surface area contributed by atoms with Gasteiger partial charge in [0.05, 0.1) is 17.4 Å². The molecule has 0 aliphatic heterocycles. The Morgan fingerprint density at radius 1 is 0.517 bits per heavy atom. The Kier molecular flexibility index (Phi) is 34.9. The van der Waals surface area contributed by atoms with Crippen molar-refractivity contribution < 1.29 is 69.0 Å². The molecule has 7 N–H and O–H groups in total. The lowest BCUT2D eigenvalue weighted by atomic mass is 9.73. The van der Waals surface area contributed by atoms with E-state index in [1.165, 1.54) is 0 Å². The maximum Gasteiger partial charge on any atom is 0.530 e. The van der Waals surface area contributed by atoms with Gasteiger partial charge in [-0.1, -0.05) is 237 Å². The molecule has 0 heterocycles. The first-order valence-corrected chi connectivity index (χ1v) is 27.8. The van der Waals surface area contributed by atoms with E-state index in [9.17, 15) is 38.4 Å². The average Bonchev–Trinajstić information content (AvgIpc) is 1.51. The summed E-state index contributed by atoms with van der Waals surface area (Å²) in [6.07, 6.45) is 2.62. The number of benzene rings is 6. The smallest absolute Gasteiger partial charge is 0.481 e. The van der Waals surface area contributed by atoms with Crippen molar-refractivity contribution in [1.82, 2.24) is 16.1 Å². The van der Waals surface area contributed by atoms with Crippen LogP contribution in [0.5, 0.6) is 0 Å². The minimum Gasteiger partial charge on any atom is -0.481 e. The van der Waals surface area contributed by atoms with Gasteiger partial charge in [0.25, 0.3) is 5.91 Å². The standard InChI is InChI=1S/C28H35NO7.C20H24N2O3.C19H19NO3.2CH4.FH.H2/c1-27(23(30)15-16-24(31)32,19-21-11-5-3-6-12-21)17-9-10-18-28(2,25(33)29-36-26(34)35)20-22-13-7-4-8-14-22;1-2-20(21,13-16-9-5-3-6-10-16)19(24)22-14-18(23)25-15-17-11-7-4-8-12-17;1-15(12-16-8-4-2-5-9-16)19(22)20-13-18(21)23-14-17-10-6-3-7-11-17;;;;/h3-8,11-14H,9-10,15-20H2,1-2H3,(H,29,33)(H,31,32)(H,34,35);3-12H,2,13-15,21H2,1H3,(H,22,24);2-11H,1,12-14H2,(H,20,22);2*1H4;2*1H/t27-,28-;20-;;;;;/m10...../s1. The van der Waals surface area contributed by atoms with Gasteiger partial charge in [-0.2, -0.15) is 5.48 Å². The molecule has 3 amide bonds. The number of unbranched alkanes of at least 4 members (excludes halogenated alkanes) is 1. The van der Waals surface area contributed by atoms with E-state index in [0.717, 1.165) is 33.4 Å². The highest BCUT2D eigenvalue weighted by atomic mass is 19.0. The highest BCUT2D eigenvalue weighted by Gasteiger charge is 2.37. The van der Waals surface area contributed by atoms with Crippen LogP contribution in [0.25, 0.3) is 0 Å². The summed E-state index contributed by atoms with van der Waals surface area (Å²) in [6.45, 7) is 9.27. The van der Waals surface area contributed by atoms with Gasteiger partial charge in [0.2, 0.25) is 11.8 Å². The number of aliphatic carboxylic acids is 1. The number of ketones is 1. The number of esters is 2. The van der Waals surface area contributed by atoms with E-state index in [-0.39, 0.29) is 77.7 Å². The SMILES string of the molecule is C.C.C=C(Cc1ccccc1)C(=O)NCC(=O)OCc1ccccc1.CC[C@](N)(Cc1ccccc1)C(=O)NCC(=O)OCc1ccccc1.C[C@@](CCCC[C@](C)(Cc1ccccc1)C(=O)NOC(=O)O)(Cc1ccccc1)C(=O)CCC(=O)O.F.[HH]. The highest BCUT2D eigenvalue weighted by Crippen LogP contribution is 2.35. The number of rotatable bonds is 29. The molecule has 0 saturated carbocycles. The Labute approximate surface area is 512 Å². The van der Waals surface area contributed by atoms with Crippen LogP contribution in [-0.4, -0.2) is 76.4 Å². The summed E-state index contributed by atoms with van der Waals surface area (Å²) >= 11 is 0. The van der Waals surface area contributed by atoms with Crippen molar-refractivity contribution in [3.05, 3.63) is 228 Å². The number of hydrogen-bond donors (Lipinski definition) is 6. The average molecular weight is 1200 g/mol. The predicted molar refractivity (Wildman–Crippen MR) is 337 cm³/mol. The minimum absolute atomic E-state index is 0. The van der Waals surface area contributed by atoms with Gasteiger partial charge in [-0.25, -0.2) is 4.79 Å². The van der Waals surface area contributed by atoms with Gasteiger partial charge in [-0.15, -0.1) is 0 Å². The fraction of sp³-hybridized carbons (Fsp3) is 0.333. The summed E-state index contributed by atoms with van der Waals surface area (Å²) in [4.78, 5) is 99.8. The summed E-state index contributed by atoms with van der Waals surface area (Å²) < 4.78 is 10.2. The summed E-state index contributed by atoms with van der Waals surface area (Å²) in [5, 5.41) is 22.9. The number of carboxylic acid groups (broad SMARTS) is 2. The topological polar surface area (TPSA) is 267 Å². The Bertz CT molecular complexity index is 2960. The molecule has 0 saturated heterocycles. The zero-order valence-corrected chi connectivity index (χ0v) is 48.5. The molecule has 6 aromatic carbocycles. The number of carboxylic acids is 1. The number of halogens is 1. The molecule has 0 fully saturated rings. The Hall–Kier alpha value is -9.29. The zero-order valence-electron chi connectivity index (χ0n) is 48.5. The van der Waals surface area contributed by atoms with Gasteiger partial charge in [-0.05, 0) is 71.9 Å². The van der Waals surface area contributed by atoms with Crippen LogP contribution in [0.1, 0.15) is 115 Å². The third-order valence-electron chi connectivity index (χ3n) is 13.9. The van der Waals surface area contributed by atoms with Crippen LogP contribution in [-0.2, 0) is 86.8 Å². The van der Waals surface area contributed by atoms with E-state index in [2.05, 4.69) is 22.1 Å². The van der Waals surface area contributed by atoms with E-state index < -0.39 is 46.3 Å². The molecule has 0 aliphatic rings. The van der Waals surface area contributed by atoms with Crippen molar-refractivity contribution in [2.75, 3.05) is 13.1 Å². The predicted octanol–water partition coefficient (Wildman–Crippen LogP) is 11.7. The molecule has 18 heteroatoms. The Balaban J connectivity index is 0.00000130. The summed E-state index contributed by atoms with van der Waals surface area (Å²) in [5.41, 5.74) is 11.7. The van der Waals surface area contributed by atoms with Crippen molar-refractivity contribution in [2.24, 2.45) is 16.6 Å². The second-order valence-corrected chi connectivity index (χ2v) is 20.9. The van der Waals surface area contributed by atoms with E-state index >= 15 is 0 Å². The lowest BCUT2D eigenvalue weighted by Crippen LogP contribution is -2.56. The first-order chi connectivity index (χ1) is 40.2. The highest BCUT2D eigenvalue weighted by molar-refractivity contribution is 5.95. The van der Waals surface area contributed by atoms with E-state index in [1.54, 1.807) is 6.92 Å². The van der Waals surface area contributed by atoms with Crippen molar-refractivity contribution >= 4 is 47.6 Å². The number of amides is 3. The van der Waals surface area contributed by atoms with Crippen LogP contribution in [0.15, 0.2) is 194 Å². The van der Waals surface area contributed by atoms with E-state index in [0.29, 0.717) is 63.4 Å². The van der Waals surface area contributed by atoms with Crippen molar-refractivity contribution in [3.63, 3.8) is 0 Å². The molecule has 470 valence electrons. The number of hydroxylamine groups is 1. The molecule has 6 aromatic rings. The largest absolute Gasteiger partial charge is 0.530 e. The second kappa shape index (κ2) is 40.1. The molecule has 0 bridgehead atoms. The first kappa shape index (κ1) is 75.7. The van der Waals surface area contributed by atoms with Crippen LogP contribution in [0.4, 0.5) is 9.50 Å². The maximum atomic E-state index is 13.1. The van der Waals surface area contributed by atoms with Crippen molar-refractivity contribution in [2.45, 2.75) is 125 Å². The van der Waals surface area contributed by atoms with Gasteiger partial charge >= 0.3 is 24.1 Å². The molecular formula is C69H89FN4O13. The maximum absolute atomic E-state index is 13.1. The first-order valence-electron chi connectivity index (χ1n) is 27.8. The van der Waals surface area contributed by atoms with Crippen LogP contribution in [0.2, 0.25) is 0 Å². The fourth-order valence-corrected chi connectivity index (χ4v) is 8.90. The fourth-order valence-electron chi connectivity index (χ4n) is 8.90. The zero-order chi connectivity index (χ0) is 61.2. The van der Waals surface area contributed by atoms with Crippen LogP contribution >= 0.6 is 0 Å². The number of hydrogen-bond acceptors (Lipinski definition) is 12. The summed E-state index contributed by atoms with van der Waals surface area (Å²) in [6, 6.07) is 57.0. The molecule has 0 aromatic heterocycles. The van der Waals surface area contributed by atoms with Crippen LogP contribution in [0.3, 0.4) is 0 Å². The normalized spacial score (nSPS) is 12.2. The van der Waals surface area contributed by atoms with E-state index in [1.807, 2.05) is 201 Å². The number of carbonyl (C=O) groups excluding carboxylic acids is 6. The number of nitrogens with one attached hydrogen (secondary N) is 3. The Morgan fingerprint density at radius 2 is 0.885 bits per heavy atom. The van der Waals surface area contributed by atoms with Crippen molar-refractivity contribution in [3.8, 4) is 0 Å². The molecule has 0 spiro atoms. The lowest BCUT2D eigenvalue weighted by molar-refractivity contribution is -0.145. The number of ether oxygens (including phenoxy) is 2. The van der Waals surface area contributed by atoms with Crippen LogP contribution in [0, 0.1) is 10.8 Å². The van der Waals surface area contributed by atoms with E-state index in [4.69, 9.17) is 25.4 Å². The lowest BCUT2D eigenvalue weighted by Gasteiger charge is -2.30. The van der Waals surface area contributed by atoms with Gasteiger partial charge < -0.3 is 40.9 Å². The summed E-state index contributed by atoms with van der Waals surface area (Å²) in [5.74, 6) is -3.28. The van der Waals surface area contributed by atoms with Gasteiger partial charge in [0.1, 0.15) is 32.1 Å². The molecule has 3 atom stereocenters. The molecule has 87 heavy (non-hydrogen) atoms.